The third kappa shape index (κ3) is 3.22. The number of hydrogen-bond acceptors (Lipinski definition) is 4. The zero-order valence-corrected chi connectivity index (χ0v) is 13.6. The van der Waals surface area contributed by atoms with E-state index >= 15 is 0 Å². The molecule has 7 heteroatoms. The van der Waals surface area contributed by atoms with Gasteiger partial charge in [0.15, 0.2) is 9.84 Å². The average Bonchev–Trinajstić information content (AvgIpc) is 2.38. The number of carbonyl (C=O) groups excluding carboxylic acids is 2. The molecule has 1 N–H and O–H groups in total. The Morgan fingerprint density at radius 1 is 1.33 bits per heavy atom. The third-order valence-electron chi connectivity index (χ3n) is 4.31. The van der Waals surface area contributed by atoms with E-state index < -0.39 is 21.9 Å². The molecule has 120 valence electrons. The van der Waals surface area contributed by atoms with Crippen LogP contribution in [0.4, 0.5) is 0 Å². The molecule has 0 aromatic heterocycles. The van der Waals surface area contributed by atoms with Crippen molar-refractivity contribution in [2.24, 2.45) is 5.92 Å². The molecule has 2 amide bonds. The summed E-state index contributed by atoms with van der Waals surface area (Å²) in [5, 5.41) is 2.76. The maximum Gasteiger partial charge on any atom is 0.246 e. The van der Waals surface area contributed by atoms with Crippen LogP contribution in [-0.4, -0.2) is 54.8 Å². The van der Waals surface area contributed by atoms with Crippen LogP contribution < -0.4 is 5.32 Å². The predicted octanol–water partition coefficient (Wildman–Crippen LogP) is 0.325. The number of amides is 2. The Balaban J connectivity index is 2.34. The highest BCUT2D eigenvalue weighted by molar-refractivity contribution is 7.91. The summed E-state index contributed by atoms with van der Waals surface area (Å²) < 4.78 is 23.8. The molecule has 2 heterocycles. The summed E-state index contributed by atoms with van der Waals surface area (Å²) in [5.41, 5.74) is 0. The Bertz CT molecular complexity index is 529. The van der Waals surface area contributed by atoms with Gasteiger partial charge in [0.05, 0.1) is 11.5 Å². The van der Waals surface area contributed by atoms with Crippen molar-refractivity contribution in [2.75, 3.05) is 11.5 Å². The summed E-state index contributed by atoms with van der Waals surface area (Å²) in [7, 11) is -3.12. The summed E-state index contributed by atoms with van der Waals surface area (Å²) in [5.74, 6) is -0.193. The first-order valence-corrected chi connectivity index (χ1v) is 9.42. The van der Waals surface area contributed by atoms with Crippen LogP contribution in [0, 0.1) is 5.92 Å². The molecule has 0 aliphatic carbocycles. The van der Waals surface area contributed by atoms with Crippen molar-refractivity contribution < 1.29 is 18.0 Å². The van der Waals surface area contributed by atoms with E-state index in [1.54, 1.807) is 4.90 Å². The van der Waals surface area contributed by atoms with Gasteiger partial charge in [-0.3, -0.25) is 9.59 Å². The number of nitrogens with zero attached hydrogens (tertiary/aromatic N) is 1. The van der Waals surface area contributed by atoms with Gasteiger partial charge in [0.1, 0.15) is 12.1 Å². The second-order valence-corrected chi connectivity index (χ2v) is 8.54. The number of piperazine rings is 1. The lowest BCUT2D eigenvalue weighted by Crippen LogP contribution is -2.68. The van der Waals surface area contributed by atoms with Gasteiger partial charge in [0.2, 0.25) is 11.8 Å². The first kappa shape index (κ1) is 16.3. The molecular weight excluding hydrogens is 292 g/mol. The van der Waals surface area contributed by atoms with Crippen LogP contribution >= 0.6 is 0 Å². The Morgan fingerprint density at radius 3 is 2.52 bits per heavy atom. The summed E-state index contributed by atoms with van der Waals surface area (Å²) in [6.07, 6.45) is 1.73. The van der Waals surface area contributed by atoms with Crippen molar-refractivity contribution in [3.63, 3.8) is 0 Å². The molecule has 2 aliphatic rings. The van der Waals surface area contributed by atoms with Gasteiger partial charge >= 0.3 is 0 Å². The lowest BCUT2D eigenvalue weighted by molar-refractivity contribution is -0.154. The molecule has 3 atom stereocenters. The zero-order valence-electron chi connectivity index (χ0n) is 12.8. The van der Waals surface area contributed by atoms with Crippen LogP contribution in [0.2, 0.25) is 0 Å². The number of hydrogen-bond donors (Lipinski definition) is 1. The van der Waals surface area contributed by atoms with Gasteiger partial charge in [-0.15, -0.1) is 0 Å². The van der Waals surface area contributed by atoms with Crippen molar-refractivity contribution in [1.82, 2.24) is 10.2 Å². The summed E-state index contributed by atoms with van der Waals surface area (Å²) in [4.78, 5) is 26.5. The quantitative estimate of drug-likeness (QED) is 0.813. The number of sulfone groups is 1. The lowest BCUT2D eigenvalue weighted by Gasteiger charge is -2.45. The molecule has 0 aromatic rings. The first-order chi connectivity index (χ1) is 9.76. The van der Waals surface area contributed by atoms with E-state index in [-0.39, 0.29) is 35.3 Å². The Labute approximate surface area is 126 Å². The van der Waals surface area contributed by atoms with Gasteiger partial charge in [0.25, 0.3) is 0 Å². The highest BCUT2D eigenvalue weighted by atomic mass is 32.2. The fourth-order valence-electron chi connectivity index (χ4n) is 3.29. The van der Waals surface area contributed by atoms with E-state index in [1.807, 2.05) is 20.8 Å². The van der Waals surface area contributed by atoms with Gasteiger partial charge in [-0.05, 0) is 25.2 Å². The van der Waals surface area contributed by atoms with Crippen LogP contribution in [-0.2, 0) is 19.4 Å². The number of nitrogens with one attached hydrogen (secondary N) is 1. The molecule has 21 heavy (non-hydrogen) atoms. The minimum absolute atomic E-state index is 0.0221. The summed E-state index contributed by atoms with van der Waals surface area (Å²) in [6, 6.07) is -1.47. The molecule has 2 aliphatic heterocycles. The minimum atomic E-state index is -3.12. The molecule has 3 unspecified atom stereocenters. The second kappa shape index (κ2) is 5.94. The summed E-state index contributed by atoms with van der Waals surface area (Å²) >= 11 is 0. The fraction of sp³-hybridized carbons (Fsp3) is 0.857. The van der Waals surface area contributed by atoms with E-state index in [0.717, 1.165) is 0 Å². The minimum Gasteiger partial charge on any atom is -0.343 e. The average molecular weight is 316 g/mol. The molecule has 2 saturated heterocycles. The van der Waals surface area contributed by atoms with E-state index in [1.165, 1.54) is 0 Å². The topological polar surface area (TPSA) is 83.6 Å². The number of carbonyl (C=O) groups is 2. The lowest BCUT2D eigenvalue weighted by atomic mass is 9.93. The largest absolute Gasteiger partial charge is 0.343 e. The molecule has 0 aromatic carbocycles. The standard InChI is InChI=1S/C14H24N2O4S/c1-4-11-14(18)16(12(9(2)3)13(17)15-11)10-6-5-7-21(19,20)8-10/h9-12H,4-8H2,1-3H3,(H,15,17). The Hall–Kier alpha value is -1.11. The van der Waals surface area contributed by atoms with Gasteiger partial charge < -0.3 is 10.2 Å². The summed E-state index contributed by atoms with van der Waals surface area (Å²) in [6.45, 7) is 5.61. The van der Waals surface area contributed by atoms with Gasteiger partial charge in [0, 0.05) is 6.04 Å². The van der Waals surface area contributed by atoms with Crippen LogP contribution in [0.25, 0.3) is 0 Å². The van der Waals surface area contributed by atoms with Crippen molar-refractivity contribution in [3.8, 4) is 0 Å². The van der Waals surface area contributed by atoms with E-state index in [0.29, 0.717) is 19.3 Å². The van der Waals surface area contributed by atoms with Crippen molar-refractivity contribution in [1.29, 1.82) is 0 Å². The third-order valence-corrected chi connectivity index (χ3v) is 6.11. The number of rotatable bonds is 3. The Kier molecular flexibility index (Phi) is 4.60. The highest BCUT2D eigenvalue weighted by Gasteiger charge is 2.46. The molecule has 0 bridgehead atoms. The maximum atomic E-state index is 12.6. The second-order valence-electron chi connectivity index (χ2n) is 6.31. The monoisotopic (exact) mass is 316 g/mol. The molecule has 0 radical (unpaired) electrons. The molecule has 2 rings (SSSR count). The first-order valence-electron chi connectivity index (χ1n) is 7.59. The normalized spacial score (nSPS) is 33.1. The molecular formula is C14H24N2O4S. The molecule has 2 fully saturated rings. The van der Waals surface area contributed by atoms with Crippen LogP contribution in [0.15, 0.2) is 0 Å². The van der Waals surface area contributed by atoms with Crippen molar-refractivity contribution >= 4 is 21.7 Å². The highest BCUT2D eigenvalue weighted by Crippen LogP contribution is 2.26. The predicted molar refractivity (Wildman–Crippen MR) is 79.4 cm³/mol. The van der Waals surface area contributed by atoms with Crippen molar-refractivity contribution in [2.45, 2.75) is 58.2 Å². The smallest absolute Gasteiger partial charge is 0.246 e. The molecule has 0 spiro atoms. The van der Waals surface area contributed by atoms with Gasteiger partial charge in [-0.2, -0.15) is 0 Å². The van der Waals surface area contributed by atoms with E-state index in [4.69, 9.17) is 0 Å². The zero-order chi connectivity index (χ0) is 15.8. The van der Waals surface area contributed by atoms with Crippen molar-refractivity contribution in [3.05, 3.63) is 0 Å². The molecule has 6 nitrogen and oxygen atoms in total. The SMILES string of the molecule is CCC1NC(=O)C(C(C)C)N(C2CCCS(=O)(=O)C2)C1=O. The fourth-order valence-corrected chi connectivity index (χ4v) is 4.97. The molecule has 0 saturated carbocycles. The Morgan fingerprint density at radius 2 is 2.00 bits per heavy atom. The van der Waals surface area contributed by atoms with Crippen LogP contribution in [0.3, 0.4) is 0 Å². The van der Waals surface area contributed by atoms with Crippen LogP contribution in [0.5, 0.6) is 0 Å². The van der Waals surface area contributed by atoms with E-state index in [9.17, 15) is 18.0 Å². The van der Waals surface area contributed by atoms with Gasteiger partial charge in [-0.25, -0.2) is 8.42 Å². The van der Waals surface area contributed by atoms with E-state index in [2.05, 4.69) is 5.32 Å². The maximum absolute atomic E-state index is 12.6. The van der Waals surface area contributed by atoms with Crippen LogP contribution in [0.1, 0.15) is 40.0 Å². The van der Waals surface area contributed by atoms with Gasteiger partial charge in [-0.1, -0.05) is 20.8 Å².